The minimum Gasteiger partial charge on any atom is -0.353 e. The van der Waals surface area contributed by atoms with Crippen molar-refractivity contribution in [2.45, 2.75) is 45.1 Å². The van der Waals surface area contributed by atoms with Crippen molar-refractivity contribution in [3.05, 3.63) is 35.9 Å². The van der Waals surface area contributed by atoms with Gasteiger partial charge in [0.25, 0.3) is 0 Å². The van der Waals surface area contributed by atoms with Crippen LogP contribution in [0.25, 0.3) is 0 Å². The Balaban J connectivity index is 1.30. The Morgan fingerprint density at radius 2 is 1.52 bits per heavy atom. The van der Waals surface area contributed by atoms with Crippen molar-refractivity contribution in [1.82, 2.24) is 20.0 Å². The number of aryl methyl sites for hydroxylation is 1. The number of carbonyl (C=O) groups is 2. The van der Waals surface area contributed by atoms with Crippen LogP contribution in [0.15, 0.2) is 30.3 Å². The molecule has 0 radical (unpaired) electrons. The Morgan fingerprint density at radius 3 is 2.17 bits per heavy atom. The zero-order valence-corrected chi connectivity index (χ0v) is 17.8. The van der Waals surface area contributed by atoms with Crippen molar-refractivity contribution in [2.75, 3.05) is 52.4 Å². The molecule has 1 aromatic carbocycles. The van der Waals surface area contributed by atoms with Crippen LogP contribution in [0.3, 0.4) is 0 Å². The van der Waals surface area contributed by atoms with E-state index in [1.54, 1.807) is 0 Å². The van der Waals surface area contributed by atoms with E-state index in [0.717, 1.165) is 65.0 Å². The predicted octanol–water partition coefficient (Wildman–Crippen LogP) is 1.75. The van der Waals surface area contributed by atoms with Gasteiger partial charge in [-0.3, -0.25) is 19.4 Å². The summed E-state index contributed by atoms with van der Waals surface area (Å²) in [7, 11) is 0. The van der Waals surface area contributed by atoms with Crippen LogP contribution in [-0.2, 0) is 16.0 Å². The largest absolute Gasteiger partial charge is 0.353 e. The van der Waals surface area contributed by atoms with Gasteiger partial charge in [-0.25, -0.2) is 0 Å². The van der Waals surface area contributed by atoms with Crippen LogP contribution in [0.2, 0.25) is 0 Å². The van der Waals surface area contributed by atoms with Crippen molar-refractivity contribution in [3.63, 3.8) is 0 Å². The molecule has 0 spiro atoms. The lowest BCUT2D eigenvalue weighted by molar-refractivity contribution is -0.134. The molecule has 6 nitrogen and oxygen atoms in total. The molecule has 2 aliphatic rings. The summed E-state index contributed by atoms with van der Waals surface area (Å²) >= 11 is 0. The van der Waals surface area contributed by atoms with E-state index in [-0.39, 0.29) is 17.9 Å². The van der Waals surface area contributed by atoms with Gasteiger partial charge in [-0.1, -0.05) is 30.3 Å². The average Bonchev–Trinajstić information content (AvgIpc) is 2.75. The van der Waals surface area contributed by atoms with Gasteiger partial charge in [0, 0.05) is 45.3 Å². The van der Waals surface area contributed by atoms with Crippen LogP contribution in [0, 0.1) is 0 Å². The lowest BCUT2D eigenvalue weighted by Gasteiger charge is -2.35. The first-order valence-electron chi connectivity index (χ1n) is 11.2. The molecule has 2 heterocycles. The first kappa shape index (κ1) is 21.8. The second-order valence-electron chi connectivity index (χ2n) is 8.49. The standard InChI is InChI=1S/C23H36N4O2/c1-20(10-11-21-8-4-2-5-9-21)24-22(28)18-25-14-16-26(17-15-25)19-23(29)27-12-6-3-7-13-27/h2,4-5,8-9,20H,3,6-7,10-19H2,1H3,(H,24,28)/t20-/m0/s1. The third kappa shape index (κ3) is 7.44. The number of hydrogen-bond donors (Lipinski definition) is 1. The maximum absolute atomic E-state index is 12.4. The fourth-order valence-corrected chi connectivity index (χ4v) is 4.16. The second kappa shape index (κ2) is 11.3. The summed E-state index contributed by atoms with van der Waals surface area (Å²) in [5, 5.41) is 3.13. The zero-order chi connectivity index (χ0) is 20.5. The highest BCUT2D eigenvalue weighted by atomic mass is 16.2. The summed E-state index contributed by atoms with van der Waals surface area (Å²) in [4.78, 5) is 31.2. The van der Waals surface area contributed by atoms with Crippen molar-refractivity contribution in [3.8, 4) is 0 Å². The lowest BCUT2D eigenvalue weighted by Crippen LogP contribution is -2.52. The van der Waals surface area contributed by atoms with E-state index >= 15 is 0 Å². The Hall–Kier alpha value is -1.92. The van der Waals surface area contributed by atoms with E-state index in [9.17, 15) is 9.59 Å². The minimum atomic E-state index is 0.100. The van der Waals surface area contributed by atoms with E-state index in [1.807, 2.05) is 11.0 Å². The molecule has 2 fully saturated rings. The van der Waals surface area contributed by atoms with Gasteiger partial charge in [0.1, 0.15) is 0 Å². The molecule has 0 aromatic heterocycles. The molecule has 0 unspecified atom stereocenters. The fourth-order valence-electron chi connectivity index (χ4n) is 4.16. The summed E-state index contributed by atoms with van der Waals surface area (Å²) in [6, 6.07) is 10.6. The van der Waals surface area contributed by atoms with Gasteiger partial charge >= 0.3 is 0 Å². The molecule has 2 aliphatic heterocycles. The van der Waals surface area contributed by atoms with Gasteiger partial charge in [-0.2, -0.15) is 0 Å². The Labute approximate surface area is 175 Å². The van der Waals surface area contributed by atoms with E-state index in [0.29, 0.717) is 13.1 Å². The monoisotopic (exact) mass is 400 g/mol. The van der Waals surface area contributed by atoms with Gasteiger partial charge in [0.2, 0.25) is 11.8 Å². The summed E-state index contributed by atoms with van der Waals surface area (Å²) in [5.41, 5.74) is 1.31. The van der Waals surface area contributed by atoms with Crippen LogP contribution in [0.5, 0.6) is 0 Å². The van der Waals surface area contributed by atoms with E-state index < -0.39 is 0 Å². The number of likely N-dealkylation sites (tertiary alicyclic amines) is 1. The summed E-state index contributed by atoms with van der Waals surface area (Å²) < 4.78 is 0. The number of piperidine rings is 1. The Bertz CT molecular complexity index is 638. The SMILES string of the molecule is C[C@@H](CCc1ccccc1)NC(=O)CN1CCN(CC(=O)N2CCCCC2)CC1. The maximum Gasteiger partial charge on any atom is 0.236 e. The molecule has 0 bridgehead atoms. The van der Waals surface area contributed by atoms with Crippen LogP contribution in [0.1, 0.15) is 38.2 Å². The number of carbonyl (C=O) groups excluding carboxylic acids is 2. The smallest absolute Gasteiger partial charge is 0.236 e. The molecule has 1 N–H and O–H groups in total. The Morgan fingerprint density at radius 1 is 0.897 bits per heavy atom. The van der Waals surface area contributed by atoms with Crippen molar-refractivity contribution in [1.29, 1.82) is 0 Å². The molecule has 1 aromatic rings. The highest BCUT2D eigenvalue weighted by Gasteiger charge is 2.23. The molecule has 0 saturated carbocycles. The third-order valence-corrected chi connectivity index (χ3v) is 6.02. The topological polar surface area (TPSA) is 55.9 Å². The highest BCUT2D eigenvalue weighted by Crippen LogP contribution is 2.10. The van der Waals surface area contributed by atoms with Crippen LogP contribution >= 0.6 is 0 Å². The van der Waals surface area contributed by atoms with Gasteiger partial charge in [-0.15, -0.1) is 0 Å². The lowest BCUT2D eigenvalue weighted by atomic mass is 10.1. The van der Waals surface area contributed by atoms with Gasteiger partial charge in [0.15, 0.2) is 0 Å². The molecule has 0 aliphatic carbocycles. The minimum absolute atomic E-state index is 0.100. The highest BCUT2D eigenvalue weighted by molar-refractivity contribution is 5.79. The number of benzene rings is 1. The maximum atomic E-state index is 12.4. The van der Waals surface area contributed by atoms with Gasteiger partial charge < -0.3 is 10.2 Å². The van der Waals surface area contributed by atoms with E-state index in [4.69, 9.17) is 0 Å². The molecule has 2 amide bonds. The predicted molar refractivity (Wildman–Crippen MR) is 116 cm³/mol. The molecular weight excluding hydrogens is 364 g/mol. The quantitative estimate of drug-likeness (QED) is 0.722. The van der Waals surface area contributed by atoms with Crippen LogP contribution in [-0.4, -0.2) is 84.9 Å². The first-order valence-corrected chi connectivity index (χ1v) is 11.2. The number of nitrogens with zero attached hydrogens (tertiary/aromatic N) is 3. The number of rotatable bonds is 8. The summed E-state index contributed by atoms with van der Waals surface area (Å²) in [5.74, 6) is 0.367. The normalized spacial score (nSPS) is 19.7. The molecule has 2 saturated heterocycles. The number of nitrogens with one attached hydrogen (secondary N) is 1. The Kier molecular flexibility index (Phi) is 8.50. The molecule has 6 heteroatoms. The molecule has 3 rings (SSSR count). The van der Waals surface area contributed by atoms with Crippen LogP contribution < -0.4 is 5.32 Å². The van der Waals surface area contributed by atoms with E-state index in [2.05, 4.69) is 46.3 Å². The molecule has 160 valence electrons. The van der Waals surface area contributed by atoms with Crippen molar-refractivity contribution >= 4 is 11.8 Å². The van der Waals surface area contributed by atoms with Crippen LogP contribution in [0.4, 0.5) is 0 Å². The van der Waals surface area contributed by atoms with Gasteiger partial charge in [0.05, 0.1) is 13.1 Å². The molecule has 29 heavy (non-hydrogen) atoms. The molecular formula is C23H36N4O2. The van der Waals surface area contributed by atoms with Crippen molar-refractivity contribution in [2.24, 2.45) is 0 Å². The molecule has 1 atom stereocenters. The summed E-state index contributed by atoms with van der Waals surface area (Å²) in [6.45, 7) is 8.29. The average molecular weight is 401 g/mol. The first-order chi connectivity index (χ1) is 14.1. The van der Waals surface area contributed by atoms with E-state index in [1.165, 1.54) is 12.0 Å². The van der Waals surface area contributed by atoms with Gasteiger partial charge in [-0.05, 0) is 44.6 Å². The second-order valence-corrected chi connectivity index (χ2v) is 8.49. The summed E-state index contributed by atoms with van der Waals surface area (Å²) in [6.07, 6.45) is 5.44. The fraction of sp³-hybridized carbons (Fsp3) is 0.652. The zero-order valence-electron chi connectivity index (χ0n) is 17.8. The number of amides is 2. The number of piperazine rings is 1. The van der Waals surface area contributed by atoms with Crippen molar-refractivity contribution < 1.29 is 9.59 Å². The number of hydrogen-bond acceptors (Lipinski definition) is 4. The third-order valence-electron chi connectivity index (χ3n) is 6.02.